The number of amides is 1. The number of methoxy groups -OCH3 is 1. The van der Waals surface area contributed by atoms with Crippen molar-refractivity contribution in [3.63, 3.8) is 0 Å². The van der Waals surface area contributed by atoms with Crippen molar-refractivity contribution in [2.24, 2.45) is 0 Å². The molecule has 1 N–H and O–H groups in total. The Hall–Kier alpha value is -2.62. The molecule has 1 amide bonds. The van der Waals surface area contributed by atoms with E-state index in [4.69, 9.17) is 21.1 Å². The molecule has 0 aromatic heterocycles. The highest BCUT2D eigenvalue weighted by atomic mass is 35.5. The maximum Gasteiger partial charge on any atom is 0.310 e. The van der Waals surface area contributed by atoms with Crippen molar-refractivity contribution in [1.82, 2.24) is 4.31 Å². The molecular weight excluding hydrogens is 456 g/mol. The number of nitrogens with one attached hydrogen (secondary N) is 1. The van der Waals surface area contributed by atoms with Gasteiger partial charge in [0, 0.05) is 23.8 Å². The zero-order valence-corrected chi connectivity index (χ0v) is 19.2. The lowest BCUT2D eigenvalue weighted by Crippen LogP contribution is -2.35. The summed E-state index contributed by atoms with van der Waals surface area (Å²) < 4.78 is 37.8. The van der Waals surface area contributed by atoms with E-state index in [0.29, 0.717) is 23.7 Å². The van der Waals surface area contributed by atoms with E-state index in [9.17, 15) is 18.0 Å². The van der Waals surface area contributed by atoms with Gasteiger partial charge in [-0.25, -0.2) is 8.42 Å². The van der Waals surface area contributed by atoms with Gasteiger partial charge in [0.2, 0.25) is 10.0 Å². The summed E-state index contributed by atoms with van der Waals surface area (Å²) in [5, 5.41) is 3.00. The molecule has 1 fully saturated rings. The highest BCUT2D eigenvalue weighted by Crippen LogP contribution is 2.31. The number of carbonyl (C=O) groups excluding carboxylic acids is 2. The van der Waals surface area contributed by atoms with Crippen molar-refractivity contribution >= 4 is 39.2 Å². The molecule has 0 atom stereocenters. The molecule has 0 spiro atoms. The van der Waals surface area contributed by atoms with Crippen LogP contribution in [0.2, 0.25) is 5.02 Å². The zero-order valence-electron chi connectivity index (χ0n) is 17.7. The van der Waals surface area contributed by atoms with Crippen molar-refractivity contribution in [2.75, 3.05) is 32.1 Å². The van der Waals surface area contributed by atoms with Crippen molar-refractivity contribution in [3.05, 3.63) is 53.1 Å². The van der Waals surface area contributed by atoms with Crippen LogP contribution in [0.25, 0.3) is 0 Å². The van der Waals surface area contributed by atoms with Crippen molar-refractivity contribution in [1.29, 1.82) is 0 Å². The smallest absolute Gasteiger partial charge is 0.310 e. The molecule has 0 aliphatic carbocycles. The highest BCUT2D eigenvalue weighted by Gasteiger charge is 2.29. The van der Waals surface area contributed by atoms with E-state index >= 15 is 0 Å². The molecule has 1 saturated heterocycles. The Kier molecular flexibility index (Phi) is 8.11. The van der Waals surface area contributed by atoms with E-state index in [-0.39, 0.29) is 22.8 Å². The molecule has 32 heavy (non-hydrogen) atoms. The van der Waals surface area contributed by atoms with Gasteiger partial charge in [-0.3, -0.25) is 9.59 Å². The summed E-state index contributed by atoms with van der Waals surface area (Å²) in [6.45, 7) is 0.385. The van der Waals surface area contributed by atoms with Gasteiger partial charge in [-0.2, -0.15) is 4.31 Å². The number of nitrogens with zero attached hydrogens (tertiary/aromatic N) is 1. The van der Waals surface area contributed by atoms with Gasteiger partial charge >= 0.3 is 5.97 Å². The Morgan fingerprint density at radius 3 is 2.50 bits per heavy atom. The lowest BCUT2D eigenvalue weighted by Gasteiger charge is -2.26. The number of benzene rings is 2. The standard InChI is InChI=1S/C22H25ClN2O6S/c1-30-19-10-9-17(14-20(19)32(28,29)25-11-5-2-6-12-25)24-21(26)15-31-22(27)13-16-7-3-4-8-18(16)23/h3-4,7-10,14H,2,5-6,11-13,15H2,1H3,(H,24,26). The molecule has 3 rings (SSSR count). The predicted molar refractivity (Wildman–Crippen MR) is 120 cm³/mol. The lowest BCUT2D eigenvalue weighted by atomic mass is 10.1. The third kappa shape index (κ3) is 5.99. The van der Waals surface area contributed by atoms with Crippen LogP contribution < -0.4 is 10.1 Å². The molecule has 172 valence electrons. The number of rotatable bonds is 8. The third-order valence-corrected chi connectivity index (χ3v) is 7.33. The zero-order chi connectivity index (χ0) is 23.1. The number of piperidine rings is 1. The quantitative estimate of drug-likeness (QED) is 0.582. The minimum Gasteiger partial charge on any atom is -0.495 e. The number of esters is 1. The Bertz CT molecular complexity index is 1080. The second kappa shape index (κ2) is 10.8. The first-order valence-electron chi connectivity index (χ1n) is 10.2. The number of anilines is 1. The van der Waals surface area contributed by atoms with E-state index in [1.807, 2.05) is 0 Å². The Morgan fingerprint density at radius 1 is 1.09 bits per heavy atom. The summed E-state index contributed by atoms with van der Waals surface area (Å²) in [6.07, 6.45) is 2.54. The minimum absolute atomic E-state index is 0.0181. The molecule has 0 bridgehead atoms. The molecule has 1 aliphatic heterocycles. The van der Waals surface area contributed by atoms with Gasteiger partial charge in [-0.1, -0.05) is 36.2 Å². The summed E-state index contributed by atoms with van der Waals surface area (Å²) in [4.78, 5) is 24.2. The van der Waals surface area contributed by atoms with Gasteiger partial charge in [-0.05, 0) is 42.7 Å². The number of ether oxygens (including phenoxy) is 2. The second-order valence-electron chi connectivity index (χ2n) is 7.31. The van der Waals surface area contributed by atoms with Crippen LogP contribution in [-0.2, 0) is 30.8 Å². The van der Waals surface area contributed by atoms with Gasteiger partial charge < -0.3 is 14.8 Å². The lowest BCUT2D eigenvalue weighted by molar-refractivity contribution is -0.146. The number of sulfonamides is 1. The van der Waals surface area contributed by atoms with Crippen LogP contribution >= 0.6 is 11.6 Å². The molecule has 2 aromatic carbocycles. The van der Waals surface area contributed by atoms with Gasteiger partial charge in [-0.15, -0.1) is 0 Å². The van der Waals surface area contributed by atoms with Crippen LogP contribution in [0.4, 0.5) is 5.69 Å². The van der Waals surface area contributed by atoms with E-state index < -0.39 is 28.5 Å². The predicted octanol–water partition coefficient (Wildman–Crippen LogP) is 3.25. The van der Waals surface area contributed by atoms with Crippen LogP contribution in [0.5, 0.6) is 5.75 Å². The number of hydrogen-bond acceptors (Lipinski definition) is 6. The maximum atomic E-state index is 13.1. The number of carbonyl (C=O) groups is 2. The largest absolute Gasteiger partial charge is 0.495 e. The van der Waals surface area contributed by atoms with E-state index in [1.54, 1.807) is 24.3 Å². The fourth-order valence-electron chi connectivity index (χ4n) is 3.39. The van der Waals surface area contributed by atoms with Crippen molar-refractivity contribution < 1.29 is 27.5 Å². The molecule has 2 aromatic rings. The van der Waals surface area contributed by atoms with E-state index in [2.05, 4.69) is 5.32 Å². The molecule has 1 aliphatic rings. The average Bonchev–Trinajstić information content (AvgIpc) is 2.80. The molecule has 1 heterocycles. The van der Waals surface area contributed by atoms with Crippen LogP contribution in [0.15, 0.2) is 47.4 Å². The van der Waals surface area contributed by atoms with Gasteiger partial charge in [0.15, 0.2) is 6.61 Å². The summed E-state index contributed by atoms with van der Waals surface area (Å²) in [6, 6.07) is 11.2. The molecule has 0 radical (unpaired) electrons. The molecule has 0 saturated carbocycles. The third-order valence-electron chi connectivity index (χ3n) is 5.04. The molecule has 10 heteroatoms. The SMILES string of the molecule is COc1ccc(NC(=O)COC(=O)Cc2ccccc2Cl)cc1S(=O)(=O)N1CCCCC1. The van der Waals surface area contributed by atoms with Crippen molar-refractivity contribution in [3.8, 4) is 5.75 Å². The van der Waals surface area contributed by atoms with Crippen LogP contribution in [0, 0.1) is 0 Å². The topological polar surface area (TPSA) is 102 Å². The van der Waals surface area contributed by atoms with E-state index in [1.165, 1.54) is 29.6 Å². The Balaban J connectivity index is 1.64. The first-order chi connectivity index (χ1) is 15.3. The summed E-state index contributed by atoms with van der Waals surface area (Å²) in [5.74, 6) is -1.000. The molecule has 0 unspecified atom stereocenters. The first-order valence-corrected chi connectivity index (χ1v) is 12.0. The number of halogens is 1. The van der Waals surface area contributed by atoms with Crippen molar-refractivity contribution in [2.45, 2.75) is 30.6 Å². The minimum atomic E-state index is -3.77. The summed E-state index contributed by atoms with van der Waals surface area (Å²) in [7, 11) is -2.38. The van der Waals surface area contributed by atoms with Gasteiger partial charge in [0.05, 0.1) is 13.5 Å². The summed E-state index contributed by atoms with van der Waals surface area (Å²) >= 11 is 6.02. The Labute approximate surface area is 192 Å². The molecule has 8 nitrogen and oxygen atoms in total. The van der Waals surface area contributed by atoms with Gasteiger partial charge in [0.25, 0.3) is 5.91 Å². The van der Waals surface area contributed by atoms with Crippen LogP contribution in [0.3, 0.4) is 0 Å². The Morgan fingerprint density at radius 2 is 1.81 bits per heavy atom. The van der Waals surface area contributed by atoms with Crippen LogP contribution in [-0.4, -0.2) is 51.4 Å². The molecular formula is C22H25ClN2O6S. The fraction of sp³-hybridized carbons (Fsp3) is 0.364. The first kappa shape index (κ1) is 24.0. The van der Waals surface area contributed by atoms with Gasteiger partial charge in [0.1, 0.15) is 10.6 Å². The monoisotopic (exact) mass is 480 g/mol. The maximum absolute atomic E-state index is 13.1. The number of hydrogen-bond donors (Lipinski definition) is 1. The van der Waals surface area contributed by atoms with Crippen LogP contribution in [0.1, 0.15) is 24.8 Å². The fourth-order valence-corrected chi connectivity index (χ4v) is 5.29. The van der Waals surface area contributed by atoms with E-state index in [0.717, 1.165) is 19.3 Å². The summed E-state index contributed by atoms with van der Waals surface area (Å²) in [5.41, 5.74) is 0.857. The normalized spacial score (nSPS) is 14.6. The second-order valence-corrected chi connectivity index (χ2v) is 9.62. The average molecular weight is 481 g/mol. The highest BCUT2D eigenvalue weighted by molar-refractivity contribution is 7.89.